The number of hydrogen-bond acceptors (Lipinski definition) is 2. The molecule has 24 heavy (non-hydrogen) atoms. The molecule has 0 unspecified atom stereocenters. The Morgan fingerprint density at radius 2 is 1.62 bits per heavy atom. The van der Waals surface area contributed by atoms with Gasteiger partial charge in [0.2, 0.25) is 11.8 Å². The largest absolute Gasteiger partial charge is 0.326 e. The maximum Gasteiger partial charge on any atom is 0.230 e. The minimum atomic E-state index is -0.206. The fraction of sp³-hybridized carbons (Fsp3) is 0.579. The zero-order valence-electron chi connectivity index (χ0n) is 13.9. The van der Waals surface area contributed by atoms with Crippen LogP contribution < -0.4 is 10.6 Å². The number of rotatable bonds is 3. The summed E-state index contributed by atoms with van der Waals surface area (Å²) in [5.41, 5.74) is 1.03. The van der Waals surface area contributed by atoms with Gasteiger partial charge in [-0.2, -0.15) is 0 Å². The number of amides is 2. The molecule has 0 atom stereocenters. The summed E-state index contributed by atoms with van der Waals surface area (Å²) in [4.78, 5) is 24.3. The number of carbonyl (C=O) groups excluding carboxylic acids is 2. The Bertz CT molecular complexity index is 665. The van der Waals surface area contributed by atoms with Gasteiger partial charge in [-0.05, 0) is 74.5 Å². The van der Waals surface area contributed by atoms with Gasteiger partial charge in [0.15, 0.2) is 0 Å². The second kappa shape index (κ2) is 5.76. The second-order valence-corrected chi connectivity index (χ2v) is 8.44. The van der Waals surface area contributed by atoms with E-state index in [2.05, 4.69) is 10.6 Å². The van der Waals surface area contributed by atoms with Crippen molar-refractivity contribution in [1.29, 1.82) is 0 Å². The average Bonchev–Trinajstić information content (AvgIpc) is 2.48. The molecule has 5 heteroatoms. The number of nitrogens with one attached hydrogen (secondary N) is 2. The first kappa shape index (κ1) is 15.9. The molecule has 4 aliphatic carbocycles. The summed E-state index contributed by atoms with van der Waals surface area (Å²) in [5, 5.41) is 6.29. The molecule has 4 bridgehead atoms. The fourth-order valence-electron chi connectivity index (χ4n) is 5.55. The molecule has 4 fully saturated rings. The minimum Gasteiger partial charge on any atom is -0.326 e. The van der Waals surface area contributed by atoms with E-state index in [4.69, 9.17) is 11.6 Å². The van der Waals surface area contributed by atoms with Gasteiger partial charge in [0, 0.05) is 12.6 Å². The highest BCUT2D eigenvalue weighted by Gasteiger charge is 2.54. The van der Waals surface area contributed by atoms with Gasteiger partial charge in [0.25, 0.3) is 0 Å². The van der Waals surface area contributed by atoms with Crippen LogP contribution in [0.1, 0.15) is 45.4 Å². The zero-order valence-corrected chi connectivity index (χ0v) is 14.7. The standard InChI is InChI=1S/C19H23ClN2O2/c1-11(23)21-15-2-3-16(20)17(7-15)22-18(24)19-8-12-4-13(9-19)6-14(5-12)10-19/h2-3,7,12-14H,4-6,8-10H2,1H3,(H,21,23)(H,22,24). The topological polar surface area (TPSA) is 58.2 Å². The maximum atomic E-state index is 13.1. The number of hydrogen-bond donors (Lipinski definition) is 2. The lowest BCUT2D eigenvalue weighted by Gasteiger charge is -2.55. The predicted molar refractivity (Wildman–Crippen MR) is 95.0 cm³/mol. The number of benzene rings is 1. The van der Waals surface area contributed by atoms with E-state index in [-0.39, 0.29) is 17.2 Å². The van der Waals surface area contributed by atoms with Crippen LogP contribution in [0.4, 0.5) is 11.4 Å². The van der Waals surface area contributed by atoms with E-state index in [0.717, 1.165) is 37.0 Å². The van der Waals surface area contributed by atoms with Crippen molar-refractivity contribution in [2.75, 3.05) is 10.6 Å². The van der Waals surface area contributed by atoms with Gasteiger partial charge in [-0.1, -0.05) is 11.6 Å². The van der Waals surface area contributed by atoms with Crippen LogP contribution in [0.3, 0.4) is 0 Å². The van der Waals surface area contributed by atoms with Crippen molar-refractivity contribution >= 4 is 34.8 Å². The van der Waals surface area contributed by atoms with E-state index in [0.29, 0.717) is 16.4 Å². The highest BCUT2D eigenvalue weighted by Crippen LogP contribution is 2.60. The summed E-state index contributed by atoms with van der Waals surface area (Å²) in [6, 6.07) is 5.19. The van der Waals surface area contributed by atoms with Gasteiger partial charge in [-0.15, -0.1) is 0 Å². The van der Waals surface area contributed by atoms with Crippen molar-refractivity contribution in [3.05, 3.63) is 23.2 Å². The van der Waals surface area contributed by atoms with E-state index in [1.165, 1.54) is 26.2 Å². The Balaban J connectivity index is 1.55. The van der Waals surface area contributed by atoms with Crippen LogP contribution in [-0.4, -0.2) is 11.8 Å². The molecule has 0 saturated heterocycles. The minimum absolute atomic E-state index is 0.114. The van der Waals surface area contributed by atoms with Gasteiger partial charge >= 0.3 is 0 Å². The summed E-state index contributed by atoms with van der Waals surface area (Å²) in [6.07, 6.45) is 7.00. The molecule has 128 valence electrons. The first-order chi connectivity index (χ1) is 11.4. The fourth-order valence-corrected chi connectivity index (χ4v) is 5.71. The molecule has 4 aliphatic rings. The molecule has 2 amide bonds. The Hall–Kier alpha value is -1.55. The van der Waals surface area contributed by atoms with Crippen LogP contribution in [0.25, 0.3) is 0 Å². The lowest BCUT2D eigenvalue weighted by molar-refractivity contribution is -0.140. The SMILES string of the molecule is CC(=O)Nc1ccc(Cl)c(NC(=O)C23CC4CC(CC(C4)C2)C3)c1. The molecular weight excluding hydrogens is 324 g/mol. The van der Waals surface area contributed by atoms with E-state index in [9.17, 15) is 9.59 Å². The van der Waals surface area contributed by atoms with Crippen molar-refractivity contribution in [2.45, 2.75) is 45.4 Å². The van der Waals surface area contributed by atoms with Crippen molar-refractivity contribution in [2.24, 2.45) is 23.2 Å². The summed E-state index contributed by atoms with van der Waals surface area (Å²) in [7, 11) is 0. The van der Waals surface area contributed by atoms with E-state index in [1.54, 1.807) is 18.2 Å². The van der Waals surface area contributed by atoms with Crippen molar-refractivity contribution in [1.82, 2.24) is 0 Å². The van der Waals surface area contributed by atoms with Gasteiger partial charge in [-0.25, -0.2) is 0 Å². The molecule has 5 rings (SSSR count). The number of halogens is 1. The Morgan fingerprint density at radius 1 is 1.04 bits per heavy atom. The Kier molecular flexibility index (Phi) is 3.83. The highest BCUT2D eigenvalue weighted by molar-refractivity contribution is 6.34. The van der Waals surface area contributed by atoms with E-state index >= 15 is 0 Å². The zero-order chi connectivity index (χ0) is 16.9. The third kappa shape index (κ3) is 2.81. The van der Waals surface area contributed by atoms with Gasteiger partial charge < -0.3 is 10.6 Å². The number of anilines is 2. The molecule has 0 radical (unpaired) electrons. The molecule has 1 aromatic rings. The van der Waals surface area contributed by atoms with Crippen LogP contribution in [0.5, 0.6) is 0 Å². The van der Waals surface area contributed by atoms with Crippen molar-refractivity contribution in [3.63, 3.8) is 0 Å². The molecule has 0 aromatic heterocycles. The molecule has 0 spiro atoms. The maximum absolute atomic E-state index is 13.1. The molecule has 0 aliphatic heterocycles. The Morgan fingerprint density at radius 3 is 2.17 bits per heavy atom. The van der Waals surface area contributed by atoms with Gasteiger partial charge in [0.1, 0.15) is 0 Å². The smallest absolute Gasteiger partial charge is 0.230 e. The van der Waals surface area contributed by atoms with Crippen molar-refractivity contribution < 1.29 is 9.59 Å². The lowest BCUT2D eigenvalue weighted by Crippen LogP contribution is -2.51. The van der Waals surface area contributed by atoms with Crippen LogP contribution in [0.2, 0.25) is 5.02 Å². The summed E-state index contributed by atoms with van der Waals surface area (Å²) in [6.45, 7) is 1.46. The first-order valence-electron chi connectivity index (χ1n) is 8.82. The summed E-state index contributed by atoms with van der Waals surface area (Å²) < 4.78 is 0. The second-order valence-electron chi connectivity index (χ2n) is 8.03. The Labute approximate surface area is 147 Å². The predicted octanol–water partition coefficient (Wildman–Crippen LogP) is 4.45. The van der Waals surface area contributed by atoms with E-state index in [1.807, 2.05) is 0 Å². The van der Waals surface area contributed by atoms with Crippen molar-refractivity contribution in [3.8, 4) is 0 Å². The third-order valence-corrected chi connectivity index (χ3v) is 6.38. The van der Waals surface area contributed by atoms with Crippen LogP contribution in [0.15, 0.2) is 18.2 Å². The average molecular weight is 347 g/mol. The number of carbonyl (C=O) groups is 2. The molecule has 4 nitrogen and oxygen atoms in total. The lowest BCUT2D eigenvalue weighted by atomic mass is 9.49. The highest BCUT2D eigenvalue weighted by atomic mass is 35.5. The third-order valence-electron chi connectivity index (χ3n) is 6.05. The normalized spacial score (nSPS) is 33.3. The van der Waals surface area contributed by atoms with E-state index < -0.39 is 0 Å². The molecular formula is C19H23ClN2O2. The van der Waals surface area contributed by atoms with Crippen LogP contribution >= 0.6 is 11.6 Å². The monoisotopic (exact) mass is 346 g/mol. The summed E-state index contributed by atoms with van der Waals surface area (Å²) in [5.74, 6) is 2.15. The first-order valence-corrected chi connectivity index (χ1v) is 9.20. The molecule has 2 N–H and O–H groups in total. The molecule has 4 saturated carbocycles. The van der Waals surface area contributed by atoms with Crippen LogP contribution in [0, 0.1) is 23.2 Å². The molecule has 1 aromatic carbocycles. The molecule has 0 heterocycles. The van der Waals surface area contributed by atoms with Crippen LogP contribution in [-0.2, 0) is 9.59 Å². The quantitative estimate of drug-likeness (QED) is 0.849. The van der Waals surface area contributed by atoms with Gasteiger partial charge in [0.05, 0.1) is 16.1 Å². The van der Waals surface area contributed by atoms with Gasteiger partial charge in [-0.3, -0.25) is 9.59 Å². The summed E-state index contributed by atoms with van der Waals surface area (Å²) >= 11 is 6.26.